The van der Waals surface area contributed by atoms with Gasteiger partial charge in [0.1, 0.15) is 5.52 Å². The average Bonchev–Trinajstić information content (AvgIpc) is 2.83. The quantitative estimate of drug-likeness (QED) is 0.370. The summed E-state index contributed by atoms with van der Waals surface area (Å²) in [7, 11) is 3.48. The van der Waals surface area contributed by atoms with Gasteiger partial charge < -0.3 is 29.4 Å². The fourth-order valence-corrected chi connectivity index (χ4v) is 3.34. The number of anilines is 1. The molecule has 0 fully saturated rings. The first-order valence-electron chi connectivity index (χ1n) is 11.1. The number of hydrogen-bond donors (Lipinski definition) is 2. The lowest BCUT2D eigenvalue weighted by molar-refractivity contribution is 0.127. The Morgan fingerprint density at radius 2 is 2.03 bits per heavy atom. The second kappa shape index (κ2) is 12.2. The Kier molecular flexibility index (Phi) is 9.11. The molecule has 0 aromatic carbocycles. The summed E-state index contributed by atoms with van der Waals surface area (Å²) in [5.74, 6) is 0.794. The van der Waals surface area contributed by atoms with Crippen LogP contribution in [0.1, 0.15) is 13.3 Å². The normalized spacial score (nSPS) is 11.3. The maximum atomic E-state index is 13.3. The van der Waals surface area contributed by atoms with Crippen molar-refractivity contribution >= 4 is 16.9 Å². The predicted octanol–water partition coefficient (Wildman–Crippen LogP) is 1.62. The van der Waals surface area contributed by atoms with Gasteiger partial charge in [0, 0.05) is 50.6 Å². The highest BCUT2D eigenvalue weighted by atomic mass is 16.5. The summed E-state index contributed by atoms with van der Waals surface area (Å²) < 4.78 is 12.4. The van der Waals surface area contributed by atoms with E-state index in [9.17, 15) is 4.79 Å². The topological polar surface area (TPSA) is 115 Å². The summed E-state index contributed by atoms with van der Waals surface area (Å²) in [6.07, 6.45) is 4.27. The number of aliphatic hydroxyl groups excluding tert-OH is 1. The highest BCUT2D eigenvalue weighted by molar-refractivity contribution is 5.80. The van der Waals surface area contributed by atoms with E-state index < -0.39 is 0 Å². The fraction of sp³-hybridized carbons (Fsp3) is 0.478. The summed E-state index contributed by atoms with van der Waals surface area (Å²) in [5.41, 5.74) is 2.59. The first-order valence-corrected chi connectivity index (χ1v) is 11.1. The monoisotopic (exact) mass is 456 g/mol. The Morgan fingerprint density at radius 3 is 2.73 bits per heavy atom. The van der Waals surface area contributed by atoms with E-state index >= 15 is 0 Å². The third-order valence-corrected chi connectivity index (χ3v) is 5.15. The molecule has 0 bridgehead atoms. The number of likely N-dealkylation sites (N-methyl/N-ethyl adjacent to an activating group) is 1. The fourth-order valence-electron chi connectivity index (χ4n) is 3.34. The molecule has 33 heavy (non-hydrogen) atoms. The summed E-state index contributed by atoms with van der Waals surface area (Å²) >= 11 is 0. The molecule has 0 saturated heterocycles. The zero-order valence-corrected chi connectivity index (χ0v) is 19.5. The van der Waals surface area contributed by atoms with Crippen molar-refractivity contribution in [3.05, 3.63) is 40.9 Å². The van der Waals surface area contributed by atoms with Crippen LogP contribution in [0.2, 0.25) is 0 Å². The molecule has 0 radical (unpaired) electrons. The van der Waals surface area contributed by atoms with Crippen LogP contribution in [0.25, 0.3) is 22.3 Å². The van der Waals surface area contributed by atoms with Crippen molar-refractivity contribution < 1.29 is 14.6 Å². The third-order valence-electron chi connectivity index (χ3n) is 5.15. The zero-order valence-electron chi connectivity index (χ0n) is 19.5. The van der Waals surface area contributed by atoms with Crippen LogP contribution in [0.4, 0.5) is 5.82 Å². The Hall–Kier alpha value is -3.08. The zero-order chi connectivity index (χ0) is 23.6. The lowest BCUT2D eigenvalue weighted by Crippen LogP contribution is -2.31. The molecule has 0 saturated carbocycles. The van der Waals surface area contributed by atoms with Gasteiger partial charge >= 0.3 is 0 Å². The van der Waals surface area contributed by atoms with E-state index in [1.165, 1.54) is 0 Å². The Balaban J connectivity index is 1.93. The van der Waals surface area contributed by atoms with Crippen LogP contribution in [0.3, 0.4) is 0 Å². The van der Waals surface area contributed by atoms with Crippen molar-refractivity contribution in [3.63, 3.8) is 0 Å². The molecular weight excluding hydrogens is 424 g/mol. The van der Waals surface area contributed by atoms with Gasteiger partial charge in [-0.05, 0) is 25.6 Å². The number of rotatable bonds is 13. The van der Waals surface area contributed by atoms with E-state index in [1.807, 2.05) is 31.0 Å². The standard InChI is InChI=1S/C23H32N6O4/c1-4-12-33-13-10-29-20-14-18(17-5-6-21(32-3)26-15-17)25-16-19(20)27-22(23(29)31)24-7-8-28(2)9-11-30/h5-6,14-16,30H,4,7-13H2,1-3H3,(H,24,27). The predicted molar refractivity (Wildman–Crippen MR) is 128 cm³/mol. The third kappa shape index (κ3) is 6.47. The van der Waals surface area contributed by atoms with Gasteiger partial charge in [-0.2, -0.15) is 0 Å². The van der Waals surface area contributed by atoms with Crippen LogP contribution in [-0.4, -0.2) is 83.1 Å². The van der Waals surface area contributed by atoms with E-state index in [2.05, 4.69) is 20.3 Å². The van der Waals surface area contributed by atoms with Gasteiger partial charge in [0.2, 0.25) is 5.88 Å². The van der Waals surface area contributed by atoms with Gasteiger partial charge in [-0.3, -0.25) is 9.78 Å². The van der Waals surface area contributed by atoms with E-state index in [0.717, 1.165) is 12.0 Å². The minimum absolute atomic E-state index is 0.0903. The first-order chi connectivity index (χ1) is 16.1. The molecule has 0 aliphatic heterocycles. The van der Waals surface area contributed by atoms with Crippen molar-refractivity contribution in [1.82, 2.24) is 24.4 Å². The largest absolute Gasteiger partial charge is 0.481 e. The average molecular weight is 457 g/mol. The van der Waals surface area contributed by atoms with E-state index in [-0.39, 0.29) is 18.0 Å². The van der Waals surface area contributed by atoms with Crippen molar-refractivity contribution in [2.45, 2.75) is 19.9 Å². The summed E-state index contributed by atoms with van der Waals surface area (Å²) in [6.45, 7) is 5.37. The molecule has 0 aliphatic carbocycles. The minimum atomic E-state index is -0.211. The van der Waals surface area contributed by atoms with Crippen LogP contribution in [0.15, 0.2) is 35.4 Å². The van der Waals surface area contributed by atoms with Gasteiger partial charge in [0.05, 0.1) is 37.7 Å². The molecule has 3 rings (SSSR count). The van der Waals surface area contributed by atoms with Crippen molar-refractivity contribution in [1.29, 1.82) is 0 Å². The number of aromatic nitrogens is 4. The van der Waals surface area contributed by atoms with Gasteiger partial charge in [-0.25, -0.2) is 9.97 Å². The van der Waals surface area contributed by atoms with Crippen molar-refractivity contribution in [3.8, 4) is 17.1 Å². The lowest BCUT2D eigenvalue weighted by Gasteiger charge is -2.17. The minimum Gasteiger partial charge on any atom is -0.481 e. The number of hydrogen-bond acceptors (Lipinski definition) is 9. The molecule has 2 N–H and O–H groups in total. The van der Waals surface area contributed by atoms with Gasteiger partial charge in [-0.1, -0.05) is 6.92 Å². The Morgan fingerprint density at radius 1 is 1.18 bits per heavy atom. The van der Waals surface area contributed by atoms with E-state index in [4.69, 9.17) is 14.6 Å². The van der Waals surface area contributed by atoms with Gasteiger partial charge in [0.15, 0.2) is 5.82 Å². The summed E-state index contributed by atoms with van der Waals surface area (Å²) in [4.78, 5) is 28.5. The smallest absolute Gasteiger partial charge is 0.293 e. The van der Waals surface area contributed by atoms with Crippen LogP contribution >= 0.6 is 0 Å². The number of aliphatic hydroxyl groups is 1. The first kappa shape index (κ1) is 24.6. The Bertz CT molecular complexity index is 1090. The second-order valence-corrected chi connectivity index (χ2v) is 7.63. The molecule has 0 unspecified atom stereocenters. The molecule has 3 heterocycles. The number of nitrogens with zero attached hydrogens (tertiary/aromatic N) is 5. The SMILES string of the molecule is CCCOCCn1c(=O)c(NCCN(C)CCO)nc2cnc(-c3ccc(OC)nc3)cc21. The number of methoxy groups -OCH3 is 1. The number of nitrogens with one attached hydrogen (secondary N) is 1. The number of pyridine rings is 2. The number of fused-ring (bicyclic) bond motifs is 1. The van der Waals surface area contributed by atoms with Crippen LogP contribution < -0.4 is 15.6 Å². The maximum absolute atomic E-state index is 13.3. The molecule has 3 aromatic rings. The second-order valence-electron chi connectivity index (χ2n) is 7.63. The Labute approximate surface area is 193 Å². The van der Waals surface area contributed by atoms with Crippen LogP contribution in [0, 0.1) is 0 Å². The van der Waals surface area contributed by atoms with E-state index in [0.29, 0.717) is 62.0 Å². The maximum Gasteiger partial charge on any atom is 0.293 e. The van der Waals surface area contributed by atoms with E-state index in [1.54, 1.807) is 30.1 Å². The molecular formula is C23H32N6O4. The van der Waals surface area contributed by atoms with Gasteiger partial charge in [-0.15, -0.1) is 0 Å². The molecule has 0 spiro atoms. The van der Waals surface area contributed by atoms with Gasteiger partial charge in [0.25, 0.3) is 5.56 Å². The molecule has 0 atom stereocenters. The molecule has 3 aromatic heterocycles. The highest BCUT2D eigenvalue weighted by Crippen LogP contribution is 2.22. The summed E-state index contributed by atoms with van der Waals surface area (Å²) in [5, 5.41) is 12.2. The van der Waals surface area contributed by atoms with Crippen LogP contribution in [-0.2, 0) is 11.3 Å². The van der Waals surface area contributed by atoms with Crippen molar-refractivity contribution in [2.24, 2.45) is 0 Å². The summed E-state index contributed by atoms with van der Waals surface area (Å²) in [6, 6.07) is 5.50. The van der Waals surface area contributed by atoms with Crippen molar-refractivity contribution in [2.75, 3.05) is 58.9 Å². The lowest BCUT2D eigenvalue weighted by atomic mass is 10.2. The number of ether oxygens (including phenoxy) is 2. The molecule has 10 heteroatoms. The molecule has 178 valence electrons. The molecule has 0 amide bonds. The molecule has 0 aliphatic rings. The highest BCUT2D eigenvalue weighted by Gasteiger charge is 2.13. The molecule has 10 nitrogen and oxygen atoms in total. The van der Waals surface area contributed by atoms with Crippen LogP contribution in [0.5, 0.6) is 5.88 Å².